The van der Waals surface area contributed by atoms with Crippen molar-refractivity contribution in [3.63, 3.8) is 0 Å². The van der Waals surface area contributed by atoms with E-state index in [1.54, 1.807) is 22.7 Å². The van der Waals surface area contributed by atoms with Crippen LogP contribution < -0.4 is 5.73 Å². The molecule has 0 fully saturated rings. The highest BCUT2D eigenvalue weighted by atomic mass is 35.5. The van der Waals surface area contributed by atoms with Crippen LogP contribution in [0.25, 0.3) is 0 Å². The lowest BCUT2D eigenvalue weighted by atomic mass is 10.5. The average molecular weight is 206 g/mol. The lowest BCUT2D eigenvalue weighted by Gasteiger charge is -1.97. The standard InChI is InChI=1S/C7H12ClN3S/c1-11-5-10-6(7(11)8)4-12-3-2-9/h5H,2-4,9H2,1H3. The fourth-order valence-corrected chi connectivity index (χ4v) is 1.77. The molecule has 0 saturated heterocycles. The van der Waals surface area contributed by atoms with Crippen LogP contribution >= 0.6 is 23.4 Å². The first-order chi connectivity index (χ1) is 5.75. The summed E-state index contributed by atoms with van der Waals surface area (Å²) in [5.41, 5.74) is 6.30. The zero-order valence-electron chi connectivity index (χ0n) is 6.96. The highest BCUT2D eigenvalue weighted by Gasteiger charge is 2.04. The van der Waals surface area contributed by atoms with Gasteiger partial charge in [-0.25, -0.2) is 4.98 Å². The Morgan fingerprint density at radius 2 is 2.50 bits per heavy atom. The minimum atomic E-state index is 0.703. The molecule has 3 nitrogen and oxygen atoms in total. The van der Waals surface area contributed by atoms with Crippen molar-refractivity contribution in [3.05, 3.63) is 17.2 Å². The maximum absolute atomic E-state index is 5.94. The van der Waals surface area contributed by atoms with Gasteiger partial charge in [-0.15, -0.1) is 0 Å². The number of halogens is 1. The highest BCUT2D eigenvalue weighted by Crippen LogP contribution is 2.18. The third kappa shape index (κ3) is 2.40. The van der Waals surface area contributed by atoms with Crippen LogP contribution in [0.3, 0.4) is 0 Å². The van der Waals surface area contributed by atoms with Gasteiger partial charge >= 0.3 is 0 Å². The summed E-state index contributed by atoms with van der Waals surface area (Å²) >= 11 is 7.69. The number of rotatable bonds is 4. The Labute approximate surface area is 81.3 Å². The number of nitrogens with two attached hydrogens (primary N) is 1. The molecule has 1 rings (SSSR count). The molecule has 0 saturated carbocycles. The summed E-state index contributed by atoms with van der Waals surface area (Å²) in [5, 5.41) is 0.722. The van der Waals surface area contributed by atoms with Crippen LogP contribution in [0.2, 0.25) is 5.15 Å². The maximum Gasteiger partial charge on any atom is 0.132 e. The van der Waals surface area contributed by atoms with E-state index in [9.17, 15) is 0 Å². The van der Waals surface area contributed by atoms with E-state index in [1.807, 2.05) is 7.05 Å². The topological polar surface area (TPSA) is 43.8 Å². The van der Waals surface area contributed by atoms with Crippen molar-refractivity contribution in [2.75, 3.05) is 12.3 Å². The number of thioether (sulfide) groups is 1. The second-order valence-electron chi connectivity index (χ2n) is 2.43. The van der Waals surface area contributed by atoms with Gasteiger partial charge in [0.15, 0.2) is 0 Å². The first kappa shape index (κ1) is 9.89. The molecule has 2 N–H and O–H groups in total. The van der Waals surface area contributed by atoms with Crippen LogP contribution in [0.4, 0.5) is 0 Å². The maximum atomic E-state index is 5.94. The summed E-state index contributed by atoms with van der Waals surface area (Å²) in [4.78, 5) is 4.16. The largest absolute Gasteiger partial charge is 0.330 e. The molecule has 0 radical (unpaired) electrons. The summed E-state index contributed by atoms with van der Waals surface area (Å²) in [5.74, 6) is 1.80. The summed E-state index contributed by atoms with van der Waals surface area (Å²) in [6.45, 7) is 0.703. The quantitative estimate of drug-likeness (QED) is 0.753. The van der Waals surface area contributed by atoms with Crippen molar-refractivity contribution in [3.8, 4) is 0 Å². The minimum absolute atomic E-state index is 0.703. The van der Waals surface area contributed by atoms with E-state index in [0.717, 1.165) is 22.4 Å². The van der Waals surface area contributed by atoms with Crippen LogP contribution in [0, 0.1) is 0 Å². The van der Waals surface area contributed by atoms with Gasteiger partial charge in [0.2, 0.25) is 0 Å². The third-order valence-corrected chi connectivity index (χ3v) is 2.92. The monoisotopic (exact) mass is 205 g/mol. The lowest BCUT2D eigenvalue weighted by Crippen LogP contribution is -2.01. The van der Waals surface area contributed by atoms with Gasteiger partial charge in [-0.1, -0.05) is 11.6 Å². The second-order valence-corrected chi connectivity index (χ2v) is 3.90. The molecule has 68 valence electrons. The Hall–Kier alpha value is -0.190. The fourth-order valence-electron chi connectivity index (χ4n) is 0.813. The van der Waals surface area contributed by atoms with E-state index in [0.29, 0.717) is 6.54 Å². The second kappa shape index (κ2) is 4.74. The van der Waals surface area contributed by atoms with E-state index < -0.39 is 0 Å². The van der Waals surface area contributed by atoms with Crippen molar-refractivity contribution in [2.45, 2.75) is 5.75 Å². The Morgan fingerprint density at radius 3 is 3.00 bits per heavy atom. The average Bonchev–Trinajstić information content (AvgIpc) is 2.36. The molecule has 5 heteroatoms. The van der Waals surface area contributed by atoms with Crippen LogP contribution in [0.15, 0.2) is 6.33 Å². The molecule has 0 bridgehead atoms. The fraction of sp³-hybridized carbons (Fsp3) is 0.571. The van der Waals surface area contributed by atoms with Gasteiger partial charge in [-0.05, 0) is 0 Å². The smallest absolute Gasteiger partial charge is 0.132 e. The molecule has 1 aromatic heterocycles. The van der Waals surface area contributed by atoms with E-state index >= 15 is 0 Å². The zero-order chi connectivity index (χ0) is 8.97. The molecule has 0 unspecified atom stereocenters. The van der Waals surface area contributed by atoms with Crippen LogP contribution in [0.5, 0.6) is 0 Å². The lowest BCUT2D eigenvalue weighted by molar-refractivity contribution is 0.913. The summed E-state index contributed by atoms with van der Waals surface area (Å²) in [7, 11) is 1.88. The van der Waals surface area contributed by atoms with Crippen molar-refractivity contribution in [1.29, 1.82) is 0 Å². The van der Waals surface area contributed by atoms with E-state index in [1.165, 1.54) is 0 Å². The highest BCUT2D eigenvalue weighted by molar-refractivity contribution is 7.98. The molecule has 0 aliphatic heterocycles. The molecular formula is C7H12ClN3S. The molecule has 0 aliphatic carbocycles. The molecule has 0 spiro atoms. The molecule has 0 aliphatic rings. The van der Waals surface area contributed by atoms with Gasteiger partial charge in [0.25, 0.3) is 0 Å². The van der Waals surface area contributed by atoms with E-state index in [2.05, 4.69) is 4.98 Å². The van der Waals surface area contributed by atoms with Crippen molar-refractivity contribution < 1.29 is 0 Å². The Morgan fingerprint density at radius 1 is 1.75 bits per heavy atom. The third-order valence-electron chi connectivity index (χ3n) is 1.44. The number of imidazole rings is 1. The number of hydrogen-bond donors (Lipinski definition) is 1. The minimum Gasteiger partial charge on any atom is -0.330 e. The summed E-state index contributed by atoms with van der Waals surface area (Å²) in [6, 6.07) is 0. The molecular weight excluding hydrogens is 194 g/mol. The van der Waals surface area contributed by atoms with Crippen LogP contribution in [0.1, 0.15) is 5.69 Å². The summed E-state index contributed by atoms with van der Waals surface area (Å²) in [6.07, 6.45) is 1.72. The van der Waals surface area contributed by atoms with Gasteiger partial charge in [-0.3, -0.25) is 0 Å². The van der Waals surface area contributed by atoms with Gasteiger partial charge < -0.3 is 10.3 Å². The Balaban J connectivity index is 2.46. The molecule has 0 atom stereocenters. The first-order valence-corrected chi connectivity index (χ1v) is 5.22. The van der Waals surface area contributed by atoms with E-state index in [-0.39, 0.29) is 0 Å². The van der Waals surface area contributed by atoms with Gasteiger partial charge in [0.1, 0.15) is 5.15 Å². The first-order valence-electron chi connectivity index (χ1n) is 3.69. The Kier molecular flexibility index (Phi) is 3.91. The van der Waals surface area contributed by atoms with Crippen molar-refractivity contribution >= 4 is 23.4 Å². The van der Waals surface area contributed by atoms with Crippen LogP contribution in [-0.2, 0) is 12.8 Å². The van der Waals surface area contributed by atoms with E-state index in [4.69, 9.17) is 17.3 Å². The van der Waals surface area contributed by atoms with Gasteiger partial charge in [-0.2, -0.15) is 11.8 Å². The summed E-state index contributed by atoms with van der Waals surface area (Å²) < 4.78 is 1.81. The van der Waals surface area contributed by atoms with Crippen molar-refractivity contribution in [2.24, 2.45) is 12.8 Å². The molecule has 0 aromatic carbocycles. The van der Waals surface area contributed by atoms with Crippen LogP contribution in [-0.4, -0.2) is 21.8 Å². The van der Waals surface area contributed by atoms with Gasteiger partial charge in [0.05, 0.1) is 12.0 Å². The predicted octanol–water partition coefficient (Wildman–Crippen LogP) is 1.27. The SMILES string of the molecule is Cn1cnc(CSCCN)c1Cl. The number of hydrogen-bond acceptors (Lipinski definition) is 3. The van der Waals surface area contributed by atoms with Crippen molar-refractivity contribution in [1.82, 2.24) is 9.55 Å². The number of aromatic nitrogens is 2. The number of aryl methyl sites for hydroxylation is 1. The normalized spacial score (nSPS) is 10.6. The molecule has 1 heterocycles. The zero-order valence-corrected chi connectivity index (χ0v) is 8.53. The van der Waals surface area contributed by atoms with Gasteiger partial charge in [0, 0.05) is 25.1 Å². The Bertz CT molecular complexity index is 249. The molecule has 12 heavy (non-hydrogen) atoms. The predicted molar refractivity (Wildman–Crippen MR) is 53.4 cm³/mol. The molecule has 1 aromatic rings. The number of nitrogens with zero attached hydrogens (tertiary/aromatic N) is 2. The molecule has 0 amide bonds.